The maximum atomic E-state index is 12.4. The number of amides is 1. The molecule has 1 amide bonds. The van der Waals surface area contributed by atoms with Crippen molar-refractivity contribution in [3.63, 3.8) is 0 Å². The average Bonchev–Trinajstić information content (AvgIpc) is 2.93. The van der Waals surface area contributed by atoms with Crippen molar-refractivity contribution in [2.24, 2.45) is 0 Å². The van der Waals surface area contributed by atoms with E-state index in [9.17, 15) is 18.0 Å². The summed E-state index contributed by atoms with van der Waals surface area (Å²) in [6, 6.07) is 0. The molecule has 1 aliphatic rings. The first-order valence-corrected chi connectivity index (χ1v) is 6.23. The van der Waals surface area contributed by atoms with Crippen molar-refractivity contribution >= 4 is 22.6 Å². The lowest BCUT2D eigenvalue weighted by atomic mass is 10.5. The Kier molecular flexibility index (Phi) is 3.78. The predicted molar refractivity (Wildman–Crippen MR) is 61.1 cm³/mol. The number of halogens is 3. The molecule has 0 aromatic carbocycles. The highest BCUT2D eigenvalue weighted by Crippen LogP contribution is 2.33. The summed E-state index contributed by atoms with van der Waals surface area (Å²) in [6.45, 7) is 1.58. The molecule has 0 atom stereocenters. The van der Waals surface area contributed by atoms with E-state index in [1.54, 1.807) is 7.05 Å². The fourth-order valence-corrected chi connectivity index (χ4v) is 2.18. The van der Waals surface area contributed by atoms with Crippen LogP contribution in [0.4, 0.5) is 23.1 Å². The van der Waals surface area contributed by atoms with Gasteiger partial charge in [0.1, 0.15) is 6.61 Å². The molecule has 1 fully saturated rings. The fourth-order valence-electron chi connectivity index (χ4n) is 1.48. The number of anilines is 1. The summed E-state index contributed by atoms with van der Waals surface area (Å²) in [5.41, 5.74) is 0. The monoisotopic (exact) mass is 296 g/mol. The van der Waals surface area contributed by atoms with Gasteiger partial charge < -0.3 is 14.5 Å². The Morgan fingerprint density at radius 1 is 1.47 bits per heavy atom. The third kappa shape index (κ3) is 3.25. The molecule has 0 aliphatic carbocycles. The Morgan fingerprint density at radius 3 is 2.74 bits per heavy atom. The normalized spacial score (nSPS) is 15.8. The maximum Gasteiger partial charge on any atom is 0.445 e. The number of aromatic nitrogens is 2. The molecule has 0 spiro atoms. The lowest BCUT2D eigenvalue weighted by molar-refractivity contribution is -0.138. The highest BCUT2D eigenvalue weighted by molar-refractivity contribution is 7.15. The Hall–Kier alpha value is -1.58. The number of carbonyl (C=O) groups excluding carboxylic acids is 1. The third-order valence-electron chi connectivity index (χ3n) is 2.53. The summed E-state index contributed by atoms with van der Waals surface area (Å²) in [5, 5.41) is 5.78. The van der Waals surface area contributed by atoms with Gasteiger partial charge in [0.15, 0.2) is 0 Å². The van der Waals surface area contributed by atoms with E-state index >= 15 is 0 Å². The molecular weight excluding hydrogens is 285 g/mol. The molecule has 1 saturated heterocycles. The molecule has 1 aromatic rings. The number of alkyl halides is 3. The number of likely N-dealkylation sites (N-methyl/N-ethyl adjacent to an activating group) is 1. The Balaban J connectivity index is 1.91. The predicted octanol–water partition coefficient (Wildman–Crippen LogP) is 1.45. The van der Waals surface area contributed by atoms with Crippen molar-refractivity contribution in [2.45, 2.75) is 6.18 Å². The molecule has 0 radical (unpaired) electrons. The first kappa shape index (κ1) is 13.8. The van der Waals surface area contributed by atoms with Crippen LogP contribution < -0.4 is 4.90 Å². The second-order valence-corrected chi connectivity index (χ2v) is 4.87. The van der Waals surface area contributed by atoms with Gasteiger partial charge in [-0.3, -0.25) is 0 Å². The molecule has 106 valence electrons. The van der Waals surface area contributed by atoms with Crippen LogP contribution in [0.25, 0.3) is 0 Å². The number of hydrogen-bond donors (Lipinski definition) is 0. The van der Waals surface area contributed by atoms with E-state index in [4.69, 9.17) is 4.74 Å². The number of carbonyl (C=O) groups is 1. The average molecular weight is 296 g/mol. The summed E-state index contributed by atoms with van der Waals surface area (Å²) >= 11 is 0.475. The van der Waals surface area contributed by atoms with Gasteiger partial charge >= 0.3 is 12.3 Å². The van der Waals surface area contributed by atoms with Crippen molar-refractivity contribution in [3.05, 3.63) is 5.01 Å². The summed E-state index contributed by atoms with van der Waals surface area (Å²) in [7, 11) is 1.60. The first-order valence-electron chi connectivity index (χ1n) is 5.41. The lowest BCUT2D eigenvalue weighted by Crippen LogP contribution is -2.33. The van der Waals surface area contributed by atoms with Gasteiger partial charge in [-0.2, -0.15) is 13.2 Å². The van der Waals surface area contributed by atoms with Crippen molar-refractivity contribution < 1.29 is 22.7 Å². The van der Waals surface area contributed by atoms with Crippen molar-refractivity contribution in [1.82, 2.24) is 15.1 Å². The smallest absolute Gasteiger partial charge is 0.445 e. The molecule has 6 nitrogen and oxygen atoms in total. The van der Waals surface area contributed by atoms with Crippen molar-refractivity contribution in [1.29, 1.82) is 0 Å². The zero-order valence-corrected chi connectivity index (χ0v) is 10.8. The van der Waals surface area contributed by atoms with Gasteiger partial charge in [-0.15, -0.1) is 10.2 Å². The minimum atomic E-state index is -4.48. The van der Waals surface area contributed by atoms with Crippen LogP contribution >= 0.6 is 11.3 Å². The Morgan fingerprint density at radius 2 is 2.21 bits per heavy atom. The van der Waals surface area contributed by atoms with Crippen LogP contribution in [0.3, 0.4) is 0 Å². The Labute approximate surface area is 110 Å². The molecule has 10 heteroatoms. The molecule has 0 unspecified atom stereocenters. The minimum Gasteiger partial charge on any atom is -0.448 e. The van der Waals surface area contributed by atoms with Gasteiger partial charge in [0.25, 0.3) is 0 Å². The van der Waals surface area contributed by atoms with Crippen molar-refractivity contribution in [3.8, 4) is 0 Å². The SMILES string of the molecule is CN(CCN1CCOC1=O)c1nnc(C(F)(F)F)s1. The van der Waals surface area contributed by atoms with Gasteiger partial charge in [0.2, 0.25) is 10.1 Å². The highest BCUT2D eigenvalue weighted by atomic mass is 32.1. The van der Waals surface area contributed by atoms with Crippen LogP contribution in [0, 0.1) is 0 Å². The van der Waals surface area contributed by atoms with Crippen LogP contribution in [0.1, 0.15) is 5.01 Å². The molecular formula is C9H11F3N4O2S. The highest BCUT2D eigenvalue weighted by Gasteiger charge is 2.36. The fraction of sp³-hybridized carbons (Fsp3) is 0.667. The van der Waals surface area contributed by atoms with E-state index in [1.807, 2.05) is 0 Å². The molecule has 0 bridgehead atoms. The van der Waals surface area contributed by atoms with E-state index in [1.165, 1.54) is 9.80 Å². The molecule has 2 heterocycles. The number of ether oxygens (including phenoxy) is 1. The van der Waals surface area contributed by atoms with Gasteiger partial charge in [0, 0.05) is 20.1 Å². The molecule has 2 rings (SSSR count). The molecule has 0 N–H and O–H groups in total. The molecule has 1 aliphatic heterocycles. The zero-order valence-electron chi connectivity index (χ0n) is 9.98. The second kappa shape index (κ2) is 5.19. The number of rotatable bonds is 4. The number of nitrogens with zero attached hydrogens (tertiary/aromatic N) is 4. The standard InChI is InChI=1S/C9H11F3N4O2S/c1-15(2-3-16-4-5-18-8(16)17)7-14-13-6(19-7)9(10,11)12/h2-5H2,1H3. The largest absolute Gasteiger partial charge is 0.448 e. The first-order chi connectivity index (χ1) is 8.88. The van der Waals surface area contributed by atoms with Crippen LogP contribution in [0.5, 0.6) is 0 Å². The lowest BCUT2D eigenvalue weighted by Gasteiger charge is -2.18. The van der Waals surface area contributed by atoms with Gasteiger partial charge in [-0.05, 0) is 0 Å². The number of cyclic esters (lactones) is 1. The summed E-state index contributed by atoms with van der Waals surface area (Å²) < 4.78 is 41.8. The molecule has 19 heavy (non-hydrogen) atoms. The van der Waals surface area contributed by atoms with E-state index in [0.717, 1.165) is 0 Å². The van der Waals surface area contributed by atoms with E-state index in [-0.39, 0.29) is 5.13 Å². The summed E-state index contributed by atoms with van der Waals surface area (Å²) in [6.07, 6.45) is -4.88. The van der Waals surface area contributed by atoms with E-state index in [0.29, 0.717) is 37.6 Å². The topological polar surface area (TPSA) is 58.6 Å². The molecule has 1 aromatic heterocycles. The van der Waals surface area contributed by atoms with Crippen LogP contribution in [-0.2, 0) is 10.9 Å². The van der Waals surface area contributed by atoms with Crippen LogP contribution in [-0.4, -0.2) is 54.5 Å². The third-order valence-corrected chi connectivity index (χ3v) is 3.62. The quantitative estimate of drug-likeness (QED) is 0.841. The Bertz CT molecular complexity index is 465. The van der Waals surface area contributed by atoms with E-state index < -0.39 is 17.3 Å². The summed E-state index contributed by atoms with van der Waals surface area (Å²) in [5.74, 6) is 0. The summed E-state index contributed by atoms with van der Waals surface area (Å²) in [4.78, 5) is 14.2. The minimum absolute atomic E-state index is 0.167. The van der Waals surface area contributed by atoms with Gasteiger partial charge in [-0.1, -0.05) is 11.3 Å². The number of hydrogen-bond acceptors (Lipinski definition) is 6. The van der Waals surface area contributed by atoms with Crippen LogP contribution in [0.15, 0.2) is 0 Å². The zero-order chi connectivity index (χ0) is 14.0. The maximum absolute atomic E-state index is 12.4. The van der Waals surface area contributed by atoms with Gasteiger partial charge in [0.05, 0.1) is 6.54 Å². The second-order valence-electron chi connectivity index (χ2n) is 3.91. The van der Waals surface area contributed by atoms with Gasteiger partial charge in [-0.25, -0.2) is 4.79 Å². The molecule has 0 saturated carbocycles. The van der Waals surface area contributed by atoms with Crippen LogP contribution in [0.2, 0.25) is 0 Å². The van der Waals surface area contributed by atoms with Crippen molar-refractivity contribution in [2.75, 3.05) is 38.2 Å². The van der Waals surface area contributed by atoms with E-state index in [2.05, 4.69) is 10.2 Å².